The predicted molar refractivity (Wildman–Crippen MR) is 76.9 cm³/mol. The SMILES string of the molecule is Cc1cccc(CN(C)S(=O)(=O)c2n[nH]c(C)c2CO)n1. The second kappa shape index (κ2) is 5.92. The average molecular weight is 310 g/mol. The number of aromatic amines is 1. The van der Waals surface area contributed by atoms with Gasteiger partial charge in [0.05, 0.1) is 18.8 Å². The molecule has 0 radical (unpaired) electrons. The van der Waals surface area contributed by atoms with E-state index in [0.717, 1.165) is 5.69 Å². The van der Waals surface area contributed by atoms with Crippen LogP contribution in [0.3, 0.4) is 0 Å². The van der Waals surface area contributed by atoms with Crippen LogP contribution in [0.15, 0.2) is 23.2 Å². The first-order chi connectivity index (χ1) is 9.86. The van der Waals surface area contributed by atoms with Gasteiger partial charge in [-0.3, -0.25) is 10.1 Å². The fourth-order valence-corrected chi connectivity index (χ4v) is 3.27. The molecule has 0 amide bonds. The van der Waals surface area contributed by atoms with Crippen LogP contribution >= 0.6 is 0 Å². The van der Waals surface area contributed by atoms with E-state index in [9.17, 15) is 13.5 Å². The largest absolute Gasteiger partial charge is 0.392 e. The Morgan fingerprint density at radius 1 is 1.33 bits per heavy atom. The smallest absolute Gasteiger partial charge is 0.262 e. The number of pyridine rings is 1. The zero-order valence-electron chi connectivity index (χ0n) is 12.2. The number of aliphatic hydroxyl groups is 1. The van der Waals surface area contributed by atoms with Crippen LogP contribution in [0.2, 0.25) is 0 Å². The second-order valence-electron chi connectivity index (χ2n) is 4.82. The number of hydrogen-bond donors (Lipinski definition) is 2. The third-order valence-electron chi connectivity index (χ3n) is 3.18. The Balaban J connectivity index is 2.30. The van der Waals surface area contributed by atoms with Gasteiger partial charge in [-0.1, -0.05) is 6.07 Å². The Labute approximate surface area is 123 Å². The van der Waals surface area contributed by atoms with Gasteiger partial charge in [0.15, 0.2) is 5.03 Å². The van der Waals surface area contributed by atoms with Crippen LogP contribution in [0.1, 0.15) is 22.6 Å². The van der Waals surface area contributed by atoms with Gasteiger partial charge in [0.2, 0.25) is 0 Å². The van der Waals surface area contributed by atoms with Gasteiger partial charge >= 0.3 is 0 Å². The van der Waals surface area contributed by atoms with E-state index in [1.165, 1.54) is 11.4 Å². The Morgan fingerprint density at radius 3 is 2.67 bits per heavy atom. The van der Waals surface area contributed by atoms with E-state index in [0.29, 0.717) is 17.0 Å². The highest BCUT2D eigenvalue weighted by Crippen LogP contribution is 2.20. The maximum Gasteiger partial charge on any atom is 0.262 e. The quantitative estimate of drug-likeness (QED) is 0.848. The summed E-state index contributed by atoms with van der Waals surface area (Å²) >= 11 is 0. The molecule has 2 heterocycles. The molecule has 0 spiro atoms. The van der Waals surface area contributed by atoms with Crippen molar-refractivity contribution in [3.05, 3.63) is 40.8 Å². The van der Waals surface area contributed by atoms with Gasteiger partial charge in [-0.05, 0) is 26.0 Å². The molecule has 2 aromatic heterocycles. The van der Waals surface area contributed by atoms with Crippen LogP contribution in [-0.4, -0.2) is 40.1 Å². The summed E-state index contributed by atoms with van der Waals surface area (Å²) in [5.41, 5.74) is 2.31. The summed E-state index contributed by atoms with van der Waals surface area (Å²) in [7, 11) is -2.32. The lowest BCUT2D eigenvalue weighted by Crippen LogP contribution is -2.28. The summed E-state index contributed by atoms with van der Waals surface area (Å²) < 4.78 is 26.2. The number of nitrogens with zero attached hydrogens (tertiary/aromatic N) is 3. The van der Waals surface area contributed by atoms with Crippen molar-refractivity contribution in [2.24, 2.45) is 0 Å². The van der Waals surface area contributed by atoms with Crippen LogP contribution in [-0.2, 0) is 23.2 Å². The van der Waals surface area contributed by atoms with Crippen molar-refractivity contribution >= 4 is 10.0 Å². The van der Waals surface area contributed by atoms with Crippen LogP contribution in [0, 0.1) is 13.8 Å². The number of aliphatic hydroxyl groups excluding tert-OH is 1. The van der Waals surface area contributed by atoms with Crippen molar-refractivity contribution in [3.8, 4) is 0 Å². The zero-order valence-corrected chi connectivity index (χ0v) is 13.0. The standard InChI is InChI=1S/C13H18N4O3S/c1-9-5-4-6-11(14-9)7-17(3)21(19,20)13-12(8-18)10(2)15-16-13/h4-6,18H,7-8H2,1-3H3,(H,15,16). The topological polar surface area (TPSA) is 99.2 Å². The lowest BCUT2D eigenvalue weighted by Gasteiger charge is -2.16. The molecule has 7 nitrogen and oxygen atoms in total. The molecule has 0 aliphatic rings. The molecule has 0 aromatic carbocycles. The highest BCUT2D eigenvalue weighted by atomic mass is 32.2. The Morgan fingerprint density at radius 2 is 2.05 bits per heavy atom. The van der Waals surface area contributed by atoms with Gasteiger partial charge in [-0.25, -0.2) is 8.42 Å². The predicted octanol–water partition coefficient (Wildman–Crippen LogP) is 0.735. The number of aromatic nitrogens is 3. The van der Waals surface area contributed by atoms with E-state index < -0.39 is 10.0 Å². The molecule has 2 aromatic rings. The molecule has 0 bridgehead atoms. The van der Waals surface area contributed by atoms with Crippen molar-refractivity contribution in [1.29, 1.82) is 0 Å². The second-order valence-corrected chi connectivity index (χ2v) is 6.78. The minimum atomic E-state index is -3.78. The van der Waals surface area contributed by atoms with Gasteiger partial charge in [0.1, 0.15) is 0 Å². The van der Waals surface area contributed by atoms with E-state index in [-0.39, 0.29) is 18.2 Å². The van der Waals surface area contributed by atoms with Crippen LogP contribution < -0.4 is 0 Å². The van der Waals surface area contributed by atoms with Gasteiger partial charge in [0, 0.05) is 24.0 Å². The molecule has 2 rings (SSSR count). The average Bonchev–Trinajstić information content (AvgIpc) is 2.80. The molecule has 0 atom stereocenters. The molecule has 2 N–H and O–H groups in total. The summed E-state index contributed by atoms with van der Waals surface area (Å²) in [5, 5.41) is 15.6. The molecule has 0 unspecified atom stereocenters. The molecular formula is C13H18N4O3S. The van der Waals surface area contributed by atoms with Crippen molar-refractivity contribution in [3.63, 3.8) is 0 Å². The number of H-pyrrole nitrogens is 1. The van der Waals surface area contributed by atoms with E-state index in [1.807, 2.05) is 19.1 Å². The first kappa shape index (κ1) is 15.6. The highest BCUT2D eigenvalue weighted by Gasteiger charge is 2.28. The van der Waals surface area contributed by atoms with Crippen molar-refractivity contribution in [1.82, 2.24) is 19.5 Å². The highest BCUT2D eigenvalue weighted by molar-refractivity contribution is 7.89. The van der Waals surface area contributed by atoms with E-state index in [4.69, 9.17) is 0 Å². The molecular weight excluding hydrogens is 292 g/mol. The third kappa shape index (κ3) is 3.12. The lowest BCUT2D eigenvalue weighted by atomic mass is 10.3. The third-order valence-corrected chi connectivity index (χ3v) is 4.96. The number of sulfonamides is 1. The van der Waals surface area contributed by atoms with E-state index >= 15 is 0 Å². The van der Waals surface area contributed by atoms with Gasteiger partial charge in [-0.15, -0.1) is 0 Å². The first-order valence-electron chi connectivity index (χ1n) is 6.40. The van der Waals surface area contributed by atoms with Crippen LogP contribution in [0.4, 0.5) is 0 Å². The summed E-state index contributed by atoms with van der Waals surface area (Å²) in [5.74, 6) is 0. The number of rotatable bonds is 5. The van der Waals surface area contributed by atoms with Gasteiger partial charge in [-0.2, -0.15) is 9.40 Å². The number of aryl methyl sites for hydroxylation is 2. The van der Waals surface area contributed by atoms with Crippen molar-refractivity contribution in [2.75, 3.05) is 7.05 Å². The van der Waals surface area contributed by atoms with Crippen LogP contribution in [0.5, 0.6) is 0 Å². The maximum absolute atomic E-state index is 12.5. The molecule has 21 heavy (non-hydrogen) atoms. The molecule has 0 saturated heterocycles. The molecule has 0 aliphatic heterocycles. The fourth-order valence-electron chi connectivity index (χ4n) is 1.98. The minimum Gasteiger partial charge on any atom is -0.392 e. The Bertz CT molecular complexity index is 740. The van der Waals surface area contributed by atoms with E-state index in [2.05, 4.69) is 15.2 Å². The van der Waals surface area contributed by atoms with Crippen molar-refractivity contribution in [2.45, 2.75) is 32.0 Å². The number of nitrogens with one attached hydrogen (secondary N) is 1. The molecule has 0 saturated carbocycles. The van der Waals surface area contributed by atoms with Crippen molar-refractivity contribution < 1.29 is 13.5 Å². The lowest BCUT2D eigenvalue weighted by molar-refractivity contribution is 0.277. The zero-order chi connectivity index (χ0) is 15.6. The summed E-state index contributed by atoms with van der Waals surface area (Å²) in [6.07, 6.45) is 0. The molecule has 114 valence electrons. The summed E-state index contributed by atoms with van der Waals surface area (Å²) in [6.45, 7) is 3.27. The molecule has 0 fully saturated rings. The maximum atomic E-state index is 12.5. The minimum absolute atomic E-state index is 0.140. The van der Waals surface area contributed by atoms with E-state index in [1.54, 1.807) is 13.0 Å². The monoisotopic (exact) mass is 310 g/mol. The molecule has 8 heteroatoms. The summed E-state index contributed by atoms with van der Waals surface area (Å²) in [4.78, 5) is 4.28. The number of hydrogen-bond acceptors (Lipinski definition) is 5. The van der Waals surface area contributed by atoms with Crippen LogP contribution in [0.25, 0.3) is 0 Å². The normalized spacial score (nSPS) is 12.0. The van der Waals surface area contributed by atoms with Gasteiger partial charge < -0.3 is 5.11 Å². The Hall–Kier alpha value is -1.77. The Kier molecular flexibility index (Phi) is 4.40. The fraction of sp³-hybridized carbons (Fsp3) is 0.385. The molecule has 0 aliphatic carbocycles. The first-order valence-corrected chi connectivity index (χ1v) is 7.84. The van der Waals surface area contributed by atoms with Gasteiger partial charge in [0.25, 0.3) is 10.0 Å². The summed E-state index contributed by atoms with van der Waals surface area (Å²) in [6, 6.07) is 5.44.